The minimum Gasteiger partial charge on any atom is -0.351 e. The van der Waals surface area contributed by atoms with Crippen LogP contribution < -0.4 is 5.32 Å². The third-order valence-electron chi connectivity index (χ3n) is 2.06. The van der Waals surface area contributed by atoms with E-state index in [0.717, 1.165) is 12.8 Å². The van der Waals surface area contributed by atoms with E-state index in [9.17, 15) is 4.79 Å². The van der Waals surface area contributed by atoms with Crippen molar-refractivity contribution in [3.8, 4) is 0 Å². The Balaban J connectivity index is 2.27. The zero-order valence-corrected chi connectivity index (χ0v) is 10.5. The molecule has 4 heteroatoms. The van der Waals surface area contributed by atoms with Gasteiger partial charge in [-0.25, -0.2) is 0 Å². The van der Waals surface area contributed by atoms with Gasteiger partial charge in [0.2, 0.25) is 5.91 Å². The molecule has 0 aromatic carbocycles. The zero-order valence-electron chi connectivity index (χ0n) is 8.88. The van der Waals surface area contributed by atoms with Crippen molar-refractivity contribution in [1.82, 2.24) is 5.32 Å². The van der Waals surface area contributed by atoms with E-state index in [1.54, 1.807) is 11.3 Å². The Morgan fingerprint density at radius 1 is 1.47 bits per heavy atom. The maximum absolute atomic E-state index is 11.3. The van der Waals surface area contributed by atoms with Crippen molar-refractivity contribution in [2.75, 3.05) is 5.88 Å². The second-order valence-corrected chi connectivity index (χ2v) is 4.92. The van der Waals surface area contributed by atoms with Crippen molar-refractivity contribution in [3.05, 3.63) is 21.9 Å². The summed E-state index contributed by atoms with van der Waals surface area (Å²) in [5.74, 6) is 0.633. The summed E-state index contributed by atoms with van der Waals surface area (Å²) < 4.78 is 0. The zero-order chi connectivity index (χ0) is 11.1. The molecule has 2 nitrogen and oxygen atoms in total. The number of rotatable bonds is 6. The molecule has 1 N–H and O–H groups in total. The lowest BCUT2D eigenvalue weighted by Gasteiger charge is -2.01. The molecule has 1 aromatic rings. The summed E-state index contributed by atoms with van der Waals surface area (Å²) in [6.07, 6.45) is 2.33. The van der Waals surface area contributed by atoms with Crippen molar-refractivity contribution in [1.29, 1.82) is 0 Å². The third kappa shape index (κ3) is 4.67. The Morgan fingerprint density at radius 3 is 2.80 bits per heavy atom. The van der Waals surface area contributed by atoms with Crippen LogP contribution in [0.5, 0.6) is 0 Å². The highest BCUT2D eigenvalue weighted by Gasteiger charge is 2.02. The molecule has 0 radical (unpaired) electrons. The number of halogens is 1. The van der Waals surface area contributed by atoms with Gasteiger partial charge in [0.05, 0.1) is 6.54 Å². The maximum atomic E-state index is 11.3. The van der Waals surface area contributed by atoms with Crippen molar-refractivity contribution < 1.29 is 4.79 Å². The summed E-state index contributed by atoms with van der Waals surface area (Å²) >= 11 is 7.26. The SMILES string of the molecule is CCc1ccc(CNC(=O)CCCCl)s1. The summed E-state index contributed by atoms with van der Waals surface area (Å²) in [4.78, 5) is 13.9. The standard InChI is InChI=1S/C11H16ClNOS/c1-2-9-5-6-10(15-9)8-13-11(14)4-3-7-12/h5-6H,2-4,7-8H2,1H3,(H,13,14). The molecule has 0 aliphatic rings. The molecule has 0 fully saturated rings. The fourth-order valence-electron chi connectivity index (χ4n) is 1.21. The van der Waals surface area contributed by atoms with Crippen LogP contribution in [0.3, 0.4) is 0 Å². The van der Waals surface area contributed by atoms with Crippen LogP contribution >= 0.6 is 22.9 Å². The van der Waals surface area contributed by atoms with Gasteiger partial charge in [0.25, 0.3) is 0 Å². The number of alkyl halides is 1. The first-order valence-electron chi connectivity index (χ1n) is 5.16. The van der Waals surface area contributed by atoms with Gasteiger partial charge in [0.1, 0.15) is 0 Å². The van der Waals surface area contributed by atoms with E-state index in [2.05, 4.69) is 24.4 Å². The fourth-order valence-corrected chi connectivity index (χ4v) is 2.24. The Labute approximate surface area is 99.6 Å². The summed E-state index contributed by atoms with van der Waals surface area (Å²) in [6.45, 7) is 2.78. The smallest absolute Gasteiger partial charge is 0.220 e. The first kappa shape index (κ1) is 12.5. The van der Waals surface area contributed by atoms with Crippen molar-refractivity contribution >= 4 is 28.8 Å². The maximum Gasteiger partial charge on any atom is 0.220 e. The second-order valence-electron chi connectivity index (χ2n) is 3.29. The van der Waals surface area contributed by atoms with Crippen molar-refractivity contribution in [3.63, 3.8) is 0 Å². The Hall–Kier alpha value is -0.540. The molecule has 0 bridgehead atoms. The van der Waals surface area contributed by atoms with Crippen molar-refractivity contribution in [2.24, 2.45) is 0 Å². The monoisotopic (exact) mass is 245 g/mol. The predicted octanol–water partition coefficient (Wildman–Crippen LogP) is 2.95. The molecule has 0 aliphatic heterocycles. The summed E-state index contributed by atoms with van der Waals surface area (Å²) in [5, 5.41) is 2.88. The molecule has 1 aromatic heterocycles. The number of hydrogen-bond donors (Lipinski definition) is 1. The van der Waals surface area contributed by atoms with Crippen LogP contribution in [0.25, 0.3) is 0 Å². The van der Waals surface area contributed by atoms with E-state index in [1.807, 2.05) is 0 Å². The van der Waals surface area contributed by atoms with E-state index in [0.29, 0.717) is 18.8 Å². The van der Waals surface area contributed by atoms with Gasteiger partial charge in [-0.3, -0.25) is 4.79 Å². The molecule has 1 rings (SSSR count). The lowest BCUT2D eigenvalue weighted by Crippen LogP contribution is -2.21. The highest BCUT2D eigenvalue weighted by Crippen LogP contribution is 2.16. The third-order valence-corrected chi connectivity index (χ3v) is 3.56. The first-order chi connectivity index (χ1) is 7.26. The minimum absolute atomic E-state index is 0.0853. The highest BCUT2D eigenvalue weighted by molar-refractivity contribution is 7.11. The number of carbonyl (C=O) groups excluding carboxylic acids is 1. The second kappa shape index (κ2) is 6.85. The van der Waals surface area contributed by atoms with Crippen LogP contribution in [-0.2, 0) is 17.8 Å². The molecule has 0 unspecified atom stereocenters. The highest BCUT2D eigenvalue weighted by atomic mass is 35.5. The van der Waals surface area contributed by atoms with Crippen LogP contribution in [0.1, 0.15) is 29.5 Å². The normalized spacial score (nSPS) is 10.3. The van der Waals surface area contributed by atoms with E-state index in [-0.39, 0.29) is 5.91 Å². The predicted molar refractivity (Wildman–Crippen MR) is 65.5 cm³/mol. The molecule has 0 aliphatic carbocycles. The molecule has 15 heavy (non-hydrogen) atoms. The van der Waals surface area contributed by atoms with Gasteiger partial charge in [-0.15, -0.1) is 22.9 Å². The van der Waals surface area contributed by atoms with Crippen LogP contribution in [0, 0.1) is 0 Å². The van der Waals surface area contributed by atoms with Gasteiger partial charge in [-0.2, -0.15) is 0 Å². The molecule has 0 atom stereocenters. The largest absolute Gasteiger partial charge is 0.351 e. The molecular formula is C11H16ClNOS. The number of aryl methyl sites for hydroxylation is 1. The molecular weight excluding hydrogens is 230 g/mol. The van der Waals surface area contributed by atoms with Gasteiger partial charge in [-0.05, 0) is 25.0 Å². The van der Waals surface area contributed by atoms with Gasteiger partial charge in [0, 0.05) is 22.1 Å². The van der Waals surface area contributed by atoms with E-state index >= 15 is 0 Å². The first-order valence-corrected chi connectivity index (χ1v) is 6.51. The lowest BCUT2D eigenvalue weighted by atomic mass is 10.3. The Morgan fingerprint density at radius 2 is 2.20 bits per heavy atom. The Bertz CT molecular complexity index is 311. The number of carbonyl (C=O) groups is 1. The molecule has 0 saturated carbocycles. The van der Waals surface area contributed by atoms with Crippen LogP contribution in [0.4, 0.5) is 0 Å². The van der Waals surface area contributed by atoms with E-state index < -0.39 is 0 Å². The Kier molecular flexibility index (Phi) is 5.73. The van der Waals surface area contributed by atoms with Crippen LogP contribution in [0.2, 0.25) is 0 Å². The van der Waals surface area contributed by atoms with Gasteiger partial charge in [-0.1, -0.05) is 6.92 Å². The molecule has 84 valence electrons. The lowest BCUT2D eigenvalue weighted by molar-refractivity contribution is -0.121. The van der Waals surface area contributed by atoms with E-state index in [4.69, 9.17) is 11.6 Å². The van der Waals surface area contributed by atoms with Gasteiger partial charge in [0.15, 0.2) is 0 Å². The average molecular weight is 246 g/mol. The summed E-state index contributed by atoms with van der Waals surface area (Å²) in [7, 11) is 0. The van der Waals surface area contributed by atoms with Crippen LogP contribution in [-0.4, -0.2) is 11.8 Å². The molecule has 0 spiro atoms. The number of amides is 1. The summed E-state index contributed by atoms with van der Waals surface area (Å²) in [5.41, 5.74) is 0. The summed E-state index contributed by atoms with van der Waals surface area (Å²) in [6, 6.07) is 4.19. The quantitative estimate of drug-likeness (QED) is 0.768. The number of nitrogens with one attached hydrogen (secondary N) is 1. The number of thiophene rings is 1. The minimum atomic E-state index is 0.0853. The molecule has 1 amide bonds. The topological polar surface area (TPSA) is 29.1 Å². The van der Waals surface area contributed by atoms with Crippen LogP contribution in [0.15, 0.2) is 12.1 Å². The average Bonchev–Trinajstić information content (AvgIpc) is 2.71. The molecule has 1 heterocycles. The molecule has 0 saturated heterocycles. The number of hydrogen-bond acceptors (Lipinski definition) is 2. The van der Waals surface area contributed by atoms with Gasteiger partial charge < -0.3 is 5.32 Å². The fraction of sp³-hybridized carbons (Fsp3) is 0.545. The van der Waals surface area contributed by atoms with Crippen molar-refractivity contribution in [2.45, 2.75) is 32.7 Å². The van der Waals surface area contributed by atoms with E-state index in [1.165, 1.54) is 9.75 Å². The van der Waals surface area contributed by atoms with Gasteiger partial charge >= 0.3 is 0 Å².